The minimum atomic E-state index is -0.0386. The monoisotopic (exact) mass is 261 g/mol. The van der Waals surface area contributed by atoms with Gasteiger partial charge in [0.15, 0.2) is 0 Å². The average Bonchev–Trinajstić information content (AvgIpc) is 2.87. The molecule has 1 aliphatic rings. The molecule has 1 aliphatic carbocycles. The summed E-state index contributed by atoms with van der Waals surface area (Å²) < 4.78 is 5.41. The van der Waals surface area contributed by atoms with Crippen molar-refractivity contribution in [2.24, 2.45) is 5.92 Å². The van der Waals surface area contributed by atoms with Crippen LogP contribution in [0.25, 0.3) is 0 Å². The Kier molecular flexibility index (Phi) is 4.97. The summed E-state index contributed by atoms with van der Waals surface area (Å²) in [6.07, 6.45) is 1.67. The van der Waals surface area contributed by atoms with E-state index in [1.807, 2.05) is 12.1 Å². The molecule has 0 fully saturated rings. The molecule has 0 atom stereocenters. The summed E-state index contributed by atoms with van der Waals surface area (Å²) >= 11 is 0. The number of carbonyl (C=O) groups is 1. The Labute approximate surface area is 115 Å². The number of likely N-dealkylation sites (N-methyl/N-ethyl adjacent to an activating group) is 1. The molecule has 3 nitrogen and oxygen atoms in total. The van der Waals surface area contributed by atoms with E-state index in [0.29, 0.717) is 6.61 Å². The minimum absolute atomic E-state index is 0.0223. The Balaban J connectivity index is 1.77. The van der Waals surface area contributed by atoms with Crippen molar-refractivity contribution in [1.29, 1.82) is 0 Å². The van der Waals surface area contributed by atoms with E-state index in [2.05, 4.69) is 30.9 Å². The number of ether oxygens (including phenoxy) is 1. The Hall–Kier alpha value is -1.35. The molecule has 0 radical (unpaired) electrons. The van der Waals surface area contributed by atoms with Crippen molar-refractivity contribution in [2.75, 3.05) is 26.2 Å². The van der Waals surface area contributed by atoms with Crippen LogP contribution in [0.5, 0.6) is 0 Å². The van der Waals surface area contributed by atoms with E-state index < -0.39 is 0 Å². The van der Waals surface area contributed by atoms with Crippen molar-refractivity contribution in [2.45, 2.75) is 26.7 Å². The Morgan fingerprint density at radius 1 is 1.21 bits per heavy atom. The Bertz CT molecular complexity index is 402. The van der Waals surface area contributed by atoms with Gasteiger partial charge < -0.3 is 9.64 Å². The first-order valence-electron chi connectivity index (χ1n) is 7.20. The summed E-state index contributed by atoms with van der Waals surface area (Å²) in [5, 5.41) is 0. The molecule has 0 amide bonds. The van der Waals surface area contributed by atoms with Gasteiger partial charge in [0.25, 0.3) is 0 Å². The lowest BCUT2D eigenvalue weighted by atomic mass is 10.1. The third kappa shape index (κ3) is 3.57. The third-order valence-corrected chi connectivity index (χ3v) is 3.93. The third-order valence-electron chi connectivity index (χ3n) is 3.93. The smallest absolute Gasteiger partial charge is 0.309 e. The predicted molar refractivity (Wildman–Crippen MR) is 76.1 cm³/mol. The first kappa shape index (κ1) is 14.1. The molecule has 0 saturated heterocycles. The molecule has 1 aromatic carbocycles. The molecule has 0 N–H and O–H groups in total. The molecule has 0 aliphatic heterocycles. The largest absolute Gasteiger partial charge is 0.464 e. The first-order chi connectivity index (χ1) is 9.24. The number of esters is 1. The Morgan fingerprint density at radius 2 is 1.79 bits per heavy atom. The summed E-state index contributed by atoms with van der Waals surface area (Å²) in [4.78, 5) is 14.3. The summed E-state index contributed by atoms with van der Waals surface area (Å²) in [5.74, 6) is -0.0162. The fourth-order valence-electron chi connectivity index (χ4n) is 2.66. The highest BCUT2D eigenvalue weighted by molar-refractivity contribution is 5.74. The number of nitrogens with zero attached hydrogens (tertiary/aromatic N) is 1. The highest BCUT2D eigenvalue weighted by Gasteiger charge is 2.28. The van der Waals surface area contributed by atoms with E-state index in [0.717, 1.165) is 32.5 Å². The van der Waals surface area contributed by atoms with Crippen molar-refractivity contribution in [3.63, 3.8) is 0 Å². The van der Waals surface area contributed by atoms with Crippen LogP contribution in [0.1, 0.15) is 25.0 Å². The fraction of sp³-hybridized carbons (Fsp3) is 0.562. The Morgan fingerprint density at radius 3 is 2.32 bits per heavy atom. The van der Waals surface area contributed by atoms with Gasteiger partial charge in [-0.3, -0.25) is 4.79 Å². The van der Waals surface area contributed by atoms with Crippen molar-refractivity contribution < 1.29 is 9.53 Å². The molecule has 104 valence electrons. The SMILES string of the molecule is CCN(CC)CCOC(=O)C1Cc2ccccc2C1. The highest BCUT2D eigenvalue weighted by atomic mass is 16.5. The lowest BCUT2D eigenvalue weighted by Gasteiger charge is -2.18. The normalized spacial score (nSPS) is 14.7. The number of benzene rings is 1. The second kappa shape index (κ2) is 6.71. The van der Waals surface area contributed by atoms with Gasteiger partial charge in [-0.05, 0) is 37.1 Å². The van der Waals surface area contributed by atoms with Crippen molar-refractivity contribution in [3.05, 3.63) is 35.4 Å². The summed E-state index contributed by atoms with van der Waals surface area (Å²) in [6.45, 7) is 7.59. The van der Waals surface area contributed by atoms with Crippen molar-refractivity contribution in [3.8, 4) is 0 Å². The zero-order valence-electron chi connectivity index (χ0n) is 11.9. The van der Waals surface area contributed by atoms with Gasteiger partial charge >= 0.3 is 5.97 Å². The van der Waals surface area contributed by atoms with E-state index >= 15 is 0 Å². The van der Waals surface area contributed by atoms with Crippen LogP contribution in [0.2, 0.25) is 0 Å². The van der Waals surface area contributed by atoms with Crippen LogP contribution >= 0.6 is 0 Å². The van der Waals surface area contributed by atoms with E-state index in [4.69, 9.17) is 4.74 Å². The van der Waals surface area contributed by atoms with E-state index in [-0.39, 0.29) is 11.9 Å². The van der Waals surface area contributed by atoms with Gasteiger partial charge in [-0.1, -0.05) is 38.1 Å². The van der Waals surface area contributed by atoms with Crippen LogP contribution in [0, 0.1) is 5.92 Å². The van der Waals surface area contributed by atoms with Gasteiger partial charge in [0.2, 0.25) is 0 Å². The van der Waals surface area contributed by atoms with Gasteiger partial charge in [-0.25, -0.2) is 0 Å². The molecule has 0 aromatic heterocycles. The van der Waals surface area contributed by atoms with Crippen LogP contribution in [-0.4, -0.2) is 37.1 Å². The molecular weight excluding hydrogens is 238 g/mol. The van der Waals surface area contributed by atoms with Gasteiger partial charge in [-0.2, -0.15) is 0 Å². The molecule has 0 saturated carbocycles. The molecule has 0 heterocycles. The fourth-order valence-corrected chi connectivity index (χ4v) is 2.66. The second-order valence-corrected chi connectivity index (χ2v) is 5.07. The van der Waals surface area contributed by atoms with E-state index in [9.17, 15) is 4.79 Å². The molecule has 0 bridgehead atoms. The minimum Gasteiger partial charge on any atom is -0.464 e. The zero-order valence-corrected chi connectivity index (χ0v) is 11.9. The molecule has 19 heavy (non-hydrogen) atoms. The summed E-state index contributed by atoms with van der Waals surface area (Å²) in [5.41, 5.74) is 2.60. The topological polar surface area (TPSA) is 29.5 Å². The molecule has 0 unspecified atom stereocenters. The number of rotatable bonds is 6. The number of fused-ring (bicyclic) bond motifs is 1. The lowest BCUT2D eigenvalue weighted by molar-refractivity contribution is -0.148. The van der Waals surface area contributed by atoms with E-state index in [1.54, 1.807) is 0 Å². The number of hydrogen-bond donors (Lipinski definition) is 0. The molecule has 2 rings (SSSR count). The van der Waals surface area contributed by atoms with Crippen LogP contribution < -0.4 is 0 Å². The molecule has 3 heteroatoms. The quantitative estimate of drug-likeness (QED) is 0.736. The van der Waals surface area contributed by atoms with Gasteiger partial charge in [0.1, 0.15) is 6.61 Å². The maximum absolute atomic E-state index is 12.0. The van der Waals surface area contributed by atoms with Crippen LogP contribution in [0.4, 0.5) is 0 Å². The lowest BCUT2D eigenvalue weighted by Crippen LogP contribution is -2.29. The average molecular weight is 261 g/mol. The first-order valence-corrected chi connectivity index (χ1v) is 7.20. The maximum atomic E-state index is 12.0. The van der Waals surface area contributed by atoms with Gasteiger partial charge in [0.05, 0.1) is 5.92 Å². The predicted octanol–water partition coefficient (Wildman–Crippen LogP) is 2.29. The van der Waals surface area contributed by atoms with Gasteiger partial charge in [-0.15, -0.1) is 0 Å². The highest BCUT2D eigenvalue weighted by Crippen LogP contribution is 2.27. The summed E-state index contributed by atoms with van der Waals surface area (Å²) in [7, 11) is 0. The molecule has 0 spiro atoms. The standard InChI is InChI=1S/C16H23NO2/c1-3-17(4-2)9-10-19-16(18)15-11-13-7-5-6-8-14(13)12-15/h5-8,15H,3-4,9-12H2,1-2H3. The molecular formula is C16H23NO2. The number of carbonyl (C=O) groups excluding carboxylic acids is 1. The van der Waals surface area contributed by atoms with Crippen LogP contribution in [0.3, 0.4) is 0 Å². The van der Waals surface area contributed by atoms with Crippen LogP contribution in [-0.2, 0) is 22.4 Å². The number of hydrogen-bond acceptors (Lipinski definition) is 3. The maximum Gasteiger partial charge on any atom is 0.309 e. The van der Waals surface area contributed by atoms with Crippen LogP contribution in [0.15, 0.2) is 24.3 Å². The van der Waals surface area contributed by atoms with Crippen molar-refractivity contribution >= 4 is 5.97 Å². The van der Waals surface area contributed by atoms with Crippen molar-refractivity contribution in [1.82, 2.24) is 4.90 Å². The summed E-state index contributed by atoms with van der Waals surface area (Å²) in [6, 6.07) is 8.29. The zero-order chi connectivity index (χ0) is 13.7. The van der Waals surface area contributed by atoms with Gasteiger partial charge in [0, 0.05) is 6.54 Å². The second-order valence-electron chi connectivity index (χ2n) is 5.07. The van der Waals surface area contributed by atoms with E-state index in [1.165, 1.54) is 11.1 Å². The molecule has 1 aromatic rings.